The maximum atomic E-state index is 11.8. The first-order valence-electron chi connectivity index (χ1n) is 5.77. The molecule has 6 nitrogen and oxygen atoms in total. The van der Waals surface area contributed by atoms with Gasteiger partial charge in [0.1, 0.15) is 17.2 Å². The maximum absolute atomic E-state index is 11.8. The van der Waals surface area contributed by atoms with Gasteiger partial charge in [0, 0.05) is 12.6 Å². The SMILES string of the molecule is CNCc1nn(-c2ccc(OC)cc2)c(=O)cc1O. The summed E-state index contributed by atoms with van der Waals surface area (Å²) in [5.41, 5.74) is 0.642. The molecule has 0 radical (unpaired) electrons. The van der Waals surface area contributed by atoms with Gasteiger partial charge in [-0.1, -0.05) is 0 Å². The number of aromatic hydroxyl groups is 1. The van der Waals surface area contributed by atoms with Gasteiger partial charge in [-0.2, -0.15) is 9.78 Å². The summed E-state index contributed by atoms with van der Waals surface area (Å²) in [7, 11) is 3.31. The van der Waals surface area contributed by atoms with Crippen LogP contribution >= 0.6 is 0 Å². The molecule has 0 saturated heterocycles. The van der Waals surface area contributed by atoms with Crippen LogP contribution in [-0.4, -0.2) is 29.0 Å². The van der Waals surface area contributed by atoms with Crippen molar-refractivity contribution in [3.63, 3.8) is 0 Å². The number of nitrogens with one attached hydrogen (secondary N) is 1. The fraction of sp³-hybridized carbons (Fsp3) is 0.231. The van der Waals surface area contributed by atoms with Gasteiger partial charge >= 0.3 is 0 Å². The van der Waals surface area contributed by atoms with Gasteiger partial charge in [-0.05, 0) is 31.3 Å². The van der Waals surface area contributed by atoms with Crippen LogP contribution in [-0.2, 0) is 6.54 Å². The van der Waals surface area contributed by atoms with E-state index in [0.29, 0.717) is 23.7 Å². The molecule has 2 N–H and O–H groups in total. The zero-order chi connectivity index (χ0) is 13.8. The molecule has 0 bridgehead atoms. The fourth-order valence-electron chi connectivity index (χ4n) is 1.68. The van der Waals surface area contributed by atoms with Crippen LogP contribution in [0.4, 0.5) is 0 Å². The van der Waals surface area contributed by atoms with Gasteiger partial charge in [-0.15, -0.1) is 0 Å². The van der Waals surface area contributed by atoms with Crippen LogP contribution in [0.25, 0.3) is 5.69 Å². The second-order valence-corrected chi connectivity index (χ2v) is 3.95. The first kappa shape index (κ1) is 13.1. The summed E-state index contributed by atoms with van der Waals surface area (Å²) in [6.45, 7) is 0.377. The van der Waals surface area contributed by atoms with Crippen molar-refractivity contribution in [1.82, 2.24) is 15.1 Å². The van der Waals surface area contributed by atoms with Crippen LogP contribution in [0.1, 0.15) is 5.69 Å². The highest BCUT2D eigenvalue weighted by Crippen LogP contribution is 2.15. The monoisotopic (exact) mass is 261 g/mol. The van der Waals surface area contributed by atoms with E-state index in [-0.39, 0.29) is 11.3 Å². The third-order valence-corrected chi connectivity index (χ3v) is 2.65. The predicted octanol–water partition coefficient (Wildman–Crippen LogP) is 0.666. The summed E-state index contributed by atoms with van der Waals surface area (Å²) in [5, 5.41) is 16.7. The van der Waals surface area contributed by atoms with Crippen molar-refractivity contribution in [1.29, 1.82) is 0 Å². The van der Waals surface area contributed by atoms with E-state index in [1.54, 1.807) is 38.4 Å². The van der Waals surface area contributed by atoms with Gasteiger partial charge in [-0.25, -0.2) is 0 Å². The molecule has 0 spiro atoms. The van der Waals surface area contributed by atoms with E-state index in [1.807, 2.05) is 0 Å². The minimum absolute atomic E-state index is 0.107. The number of rotatable bonds is 4. The van der Waals surface area contributed by atoms with E-state index in [0.717, 1.165) is 6.07 Å². The van der Waals surface area contributed by atoms with Crippen LogP contribution in [0.3, 0.4) is 0 Å². The van der Waals surface area contributed by atoms with Crippen molar-refractivity contribution in [3.8, 4) is 17.2 Å². The third-order valence-electron chi connectivity index (χ3n) is 2.65. The average Bonchev–Trinajstić information content (AvgIpc) is 2.42. The van der Waals surface area contributed by atoms with Crippen molar-refractivity contribution < 1.29 is 9.84 Å². The van der Waals surface area contributed by atoms with Gasteiger partial charge in [-0.3, -0.25) is 4.79 Å². The van der Waals surface area contributed by atoms with Crippen molar-refractivity contribution >= 4 is 0 Å². The quantitative estimate of drug-likeness (QED) is 0.845. The second-order valence-electron chi connectivity index (χ2n) is 3.95. The van der Waals surface area contributed by atoms with Crippen molar-refractivity contribution in [3.05, 3.63) is 46.4 Å². The Morgan fingerprint density at radius 3 is 2.63 bits per heavy atom. The minimum Gasteiger partial charge on any atom is -0.506 e. The molecule has 19 heavy (non-hydrogen) atoms. The molecule has 0 aliphatic heterocycles. The molecule has 0 atom stereocenters. The summed E-state index contributed by atoms with van der Waals surface area (Å²) >= 11 is 0. The smallest absolute Gasteiger partial charge is 0.275 e. The molecule has 1 aromatic heterocycles. The maximum Gasteiger partial charge on any atom is 0.275 e. The topological polar surface area (TPSA) is 76.4 Å². The Hall–Kier alpha value is -2.34. The molecule has 2 aromatic rings. The molecule has 2 rings (SSSR count). The Morgan fingerprint density at radius 1 is 1.37 bits per heavy atom. The minimum atomic E-state index is -0.387. The van der Waals surface area contributed by atoms with E-state index in [9.17, 15) is 9.90 Å². The van der Waals surface area contributed by atoms with Crippen molar-refractivity contribution in [2.24, 2.45) is 0 Å². The third kappa shape index (κ3) is 2.74. The largest absolute Gasteiger partial charge is 0.506 e. The van der Waals surface area contributed by atoms with Gasteiger partial charge in [0.2, 0.25) is 0 Å². The van der Waals surface area contributed by atoms with Crippen LogP contribution in [0, 0.1) is 0 Å². The summed E-state index contributed by atoms with van der Waals surface area (Å²) in [5.74, 6) is 0.593. The van der Waals surface area contributed by atoms with Crippen molar-refractivity contribution in [2.75, 3.05) is 14.2 Å². The number of hydrogen-bond donors (Lipinski definition) is 2. The van der Waals surface area contributed by atoms with Gasteiger partial charge in [0.25, 0.3) is 5.56 Å². The van der Waals surface area contributed by atoms with Crippen molar-refractivity contribution in [2.45, 2.75) is 6.54 Å². The van der Waals surface area contributed by atoms with E-state index in [1.165, 1.54) is 4.68 Å². The lowest BCUT2D eigenvalue weighted by molar-refractivity contribution is 0.414. The summed E-state index contributed by atoms with van der Waals surface area (Å²) in [4.78, 5) is 11.8. The molecule has 1 heterocycles. The molecule has 0 unspecified atom stereocenters. The lowest BCUT2D eigenvalue weighted by Crippen LogP contribution is -2.23. The Bertz CT molecular complexity index is 620. The molecule has 0 amide bonds. The number of hydrogen-bond acceptors (Lipinski definition) is 5. The van der Waals surface area contributed by atoms with Gasteiger partial charge < -0.3 is 15.2 Å². The zero-order valence-electron chi connectivity index (χ0n) is 10.8. The lowest BCUT2D eigenvalue weighted by atomic mass is 10.3. The molecular formula is C13H15N3O3. The van der Waals surface area contributed by atoms with Gasteiger partial charge in [0.05, 0.1) is 12.8 Å². The Labute approximate surface area is 110 Å². The second kappa shape index (κ2) is 5.53. The van der Waals surface area contributed by atoms with Gasteiger partial charge in [0.15, 0.2) is 0 Å². The summed E-state index contributed by atoms with van der Waals surface area (Å²) in [6, 6.07) is 8.10. The Balaban J connectivity index is 2.48. The molecule has 6 heteroatoms. The first-order valence-corrected chi connectivity index (χ1v) is 5.77. The molecule has 100 valence electrons. The number of nitrogens with zero attached hydrogens (tertiary/aromatic N) is 2. The lowest BCUT2D eigenvalue weighted by Gasteiger charge is -2.09. The average molecular weight is 261 g/mol. The molecule has 0 saturated carbocycles. The van der Waals surface area contributed by atoms with Crippen LogP contribution < -0.4 is 15.6 Å². The van der Waals surface area contributed by atoms with Crippen LogP contribution in [0.15, 0.2) is 35.1 Å². The molecule has 1 aromatic carbocycles. The Morgan fingerprint density at radius 2 is 2.05 bits per heavy atom. The molecule has 0 aliphatic carbocycles. The highest BCUT2D eigenvalue weighted by atomic mass is 16.5. The standard InChI is InChI=1S/C13H15N3O3/c1-14-8-11-12(17)7-13(18)16(15-11)9-3-5-10(19-2)6-4-9/h3-7,14,17H,8H2,1-2H3. The highest BCUT2D eigenvalue weighted by Gasteiger charge is 2.08. The molecular weight excluding hydrogens is 246 g/mol. The predicted molar refractivity (Wildman–Crippen MR) is 70.8 cm³/mol. The van der Waals surface area contributed by atoms with E-state index >= 15 is 0 Å². The van der Waals surface area contributed by atoms with E-state index in [4.69, 9.17) is 4.74 Å². The number of aromatic nitrogens is 2. The first-order chi connectivity index (χ1) is 9.15. The van der Waals surface area contributed by atoms with E-state index < -0.39 is 0 Å². The molecule has 0 aliphatic rings. The summed E-state index contributed by atoms with van der Waals surface area (Å²) in [6.07, 6.45) is 0. The normalized spacial score (nSPS) is 10.4. The molecule has 0 fully saturated rings. The Kier molecular flexibility index (Phi) is 3.82. The zero-order valence-corrected chi connectivity index (χ0v) is 10.8. The number of methoxy groups -OCH3 is 1. The van der Waals surface area contributed by atoms with Crippen LogP contribution in [0.2, 0.25) is 0 Å². The summed E-state index contributed by atoms with van der Waals surface area (Å²) < 4.78 is 6.30. The highest BCUT2D eigenvalue weighted by molar-refractivity contribution is 5.37. The van der Waals surface area contributed by atoms with E-state index in [2.05, 4.69) is 10.4 Å². The number of benzene rings is 1. The van der Waals surface area contributed by atoms with Crippen LogP contribution in [0.5, 0.6) is 11.5 Å². The number of ether oxygens (including phenoxy) is 1. The fourth-order valence-corrected chi connectivity index (χ4v) is 1.68.